The van der Waals surface area contributed by atoms with Crippen molar-refractivity contribution in [3.05, 3.63) is 298 Å². The Balaban J connectivity index is 1.08. The minimum atomic E-state index is -4.64. The van der Waals surface area contributed by atoms with Gasteiger partial charge in [0.15, 0.2) is 0 Å². The van der Waals surface area contributed by atoms with Crippen LogP contribution in [-0.2, 0) is 34.0 Å². The Hall–Kier alpha value is -8.88. The van der Waals surface area contributed by atoms with Crippen LogP contribution in [0, 0.1) is 5.92 Å². The van der Waals surface area contributed by atoms with Gasteiger partial charge in [0.2, 0.25) is 0 Å². The van der Waals surface area contributed by atoms with Gasteiger partial charge in [0.05, 0.1) is 28.6 Å². The van der Waals surface area contributed by atoms with Crippen molar-refractivity contribution in [3.8, 4) is 44.5 Å². The van der Waals surface area contributed by atoms with Crippen LogP contribution in [0.1, 0.15) is 116 Å². The van der Waals surface area contributed by atoms with E-state index in [4.69, 9.17) is 0 Å². The molecule has 12 rings (SSSR count). The summed E-state index contributed by atoms with van der Waals surface area (Å²) >= 11 is 0. The highest BCUT2D eigenvalue weighted by atomic mass is 19.4. The zero-order valence-electron chi connectivity index (χ0n) is 53.3. The van der Waals surface area contributed by atoms with Gasteiger partial charge in [-0.2, -0.15) is 26.3 Å². The monoisotopic (exact) mass is 1200 g/mol. The van der Waals surface area contributed by atoms with Gasteiger partial charge in [-0.15, -0.1) is 0 Å². The molecule has 0 fully saturated rings. The number of hydrogen-bond donors (Lipinski definition) is 0. The van der Waals surface area contributed by atoms with Crippen LogP contribution in [0.5, 0.6) is 0 Å². The molecule has 0 radical (unpaired) electrons. The Labute approximate surface area is 527 Å². The SMILES string of the molecule is CC(C)(C)c1ccccc1-c1ccc(N(C2=C3C=CC4=C5C(=CC=C(C=C2)C35)C(N(c2cccc(C(F)(F)F)c2)c2ccc(-c3ccccc3C(C)(C)C)cc2-c2ccccc2C(C)(C)C)C=C4)c2cccc(C(F)(F)F)c2)c(-c2ccccc2C(C)(C)C)c1. The molecule has 4 aliphatic carbocycles. The van der Waals surface area contributed by atoms with Crippen LogP contribution in [0.2, 0.25) is 0 Å². The van der Waals surface area contributed by atoms with E-state index in [1.807, 2.05) is 47.4 Å². The summed E-state index contributed by atoms with van der Waals surface area (Å²) in [5, 5.41) is 0. The highest BCUT2D eigenvalue weighted by Crippen LogP contribution is 2.55. The molecule has 0 N–H and O–H groups in total. The van der Waals surface area contributed by atoms with E-state index in [1.54, 1.807) is 12.1 Å². The third-order valence-electron chi connectivity index (χ3n) is 18.0. The molecule has 0 amide bonds. The number of hydrogen-bond acceptors (Lipinski definition) is 2. The molecular weight excluding hydrogens is 1130 g/mol. The predicted molar refractivity (Wildman–Crippen MR) is 362 cm³/mol. The van der Waals surface area contributed by atoms with Crippen molar-refractivity contribution >= 4 is 22.7 Å². The fourth-order valence-electron chi connectivity index (χ4n) is 13.8. The van der Waals surface area contributed by atoms with Crippen molar-refractivity contribution < 1.29 is 26.3 Å². The molecule has 0 saturated heterocycles. The Morgan fingerprint density at radius 1 is 0.367 bits per heavy atom. The molecule has 0 aliphatic heterocycles. The van der Waals surface area contributed by atoms with Crippen LogP contribution in [0.3, 0.4) is 0 Å². The number of nitrogens with zero attached hydrogens (tertiary/aromatic N) is 2. The van der Waals surface area contributed by atoms with Gasteiger partial charge in [0.25, 0.3) is 0 Å². The predicted octanol–water partition coefficient (Wildman–Crippen LogP) is 23.7. The van der Waals surface area contributed by atoms with Crippen LogP contribution in [-0.4, -0.2) is 6.04 Å². The summed E-state index contributed by atoms with van der Waals surface area (Å²) < 4.78 is 91.0. The standard InChI is InChI=1S/C82H76F6N2/c1-77(2,3)67-31-17-13-27-59(67)53-39-45-73(65(47-53)61-29-15-19-33-69(61)79(7,8)9)89(57-25-21-23-55(49-57)81(83,84)85)71-43-37-51-36-42-64-72(44-38-52-35-41-63(71)75(51)76(52)64)90(58-26-22-24-56(50-58)82(86,87)88)74-46-40-54(60-28-14-18-32-68(60)78(4,5)6)48-66(74)62-30-16-20-34-70(62)80(10,11)12/h13-50,71,76H,1-12H3. The van der Waals surface area contributed by atoms with Gasteiger partial charge in [0, 0.05) is 34.1 Å². The van der Waals surface area contributed by atoms with Gasteiger partial charge < -0.3 is 9.80 Å². The highest BCUT2D eigenvalue weighted by Gasteiger charge is 2.42. The zero-order chi connectivity index (χ0) is 64.0. The summed E-state index contributed by atoms with van der Waals surface area (Å²) in [4.78, 5) is 4.08. The van der Waals surface area contributed by atoms with Crippen LogP contribution >= 0.6 is 0 Å². The first-order valence-electron chi connectivity index (χ1n) is 31.0. The molecule has 0 spiro atoms. The molecule has 0 aromatic heterocycles. The van der Waals surface area contributed by atoms with Crippen LogP contribution in [0.15, 0.2) is 264 Å². The highest BCUT2D eigenvalue weighted by molar-refractivity contribution is 5.93. The molecule has 456 valence electrons. The lowest BCUT2D eigenvalue weighted by Gasteiger charge is -2.44. The van der Waals surface area contributed by atoms with Gasteiger partial charge in [-0.25, -0.2) is 0 Å². The van der Waals surface area contributed by atoms with Crippen molar-refractivity contribution in [1.29, 1.82) is 0 Å². The van der Waals surface area contributed by atoms with Crippen molar-refractivity contribution in [2.75, 3.05) is 9.80 Å². The summed E-state index contributed by atoms with van der Waals surface area (Å²) in [5.74, 6) is -0.422. The summed E-state index contributed by atoms with van der Waals surface area (Å²) in [6.45, 7) is 26.3. The van der Waals surface area contributed by atoms with E-state index < -0.39 is 35.4 Å². The average molecular weight is 1200 g/mol. The number of halogens is 6. The maximum absolute atomic E-state index is 15.2. The summed E-state index contributed by atoms with van der Waals surface area (Å²) in [7, 11) is 0. The van der Waals surface area contributed by atoms with Gasteiger partial charge in [-0.1, -0.05) is 247 Å². The molecule has 0 heterocycles. The fraction of sp³-hybridized carbons (Fsp3) is 0.244. The first kappa shape index (κ1) is 61.4. The molecule has 4 aliphatic rings. The molecule has 2 atom stereocenters. The van der Waals surface area contributed by atoms with Crippen molar-refractivity contribution in [1.82, 2.24) is 0 Å². The first-order chi connectivity index (χ1) is 42.5. The summed E-state index contributed by atoms with van der Waals surface area (Å²) in [6, 6.07) is 56.8. The van der Waals surface area contributed by atoms with E-state index in [0.29, 0.717) is 22.8 Å². The summed E-state index contributed by atoms with van der Waals surface area (Å²) in [6.07, 6.45) is 7.39. The van der Waals surface area contributed by atoms with Crippen molar-refractivity contribution in [3.63, 3.8) is 0 Å². The Morgan fingerprint density at radius 2 is 0.811 bits per heavy atom. The second kappa shape index (κ2) is 22.6. The second-order valence-electron chi connectivity index (χ2n) is 28.3. The average Bonchev–Trinajstić information content (AvgIpc) is 0.726. The molecule has 8 aromatic rings. The largest absolute Gasteiger partial charge is 0.416 e. The molecule has 2 unspecified atom stereocenters. The first-order valence-corrected chi connectivity index (χ1v) is 31.0. The van der Waals surface area contributed by atoms with Crippen LogP contribution in [0.4, 0.5) is 49.1 Å². The van der Waals surface area contributed by atoms with Gasteiger partial charge in [-0.05, 0) is 172 Å². The third-order valence-corrected chi connectivity index (χ3v) is 18.0. The van der Waals surface area contributed by atoms with E-state index in [0.717, 1.165) is 107 Å². The topological polar surface area (TPSA) is 6.48 Å². The Bertz CT molecular complexity index is 4390. The maximum Gasteiger partial charge on any atom is 0.416 e. The number of allylic oxidation sites excluding steroid dienone is 10. The maximum atomic E-state index is 15.2. The molecular formula is C82H76F6N2. The fourth-order valence-corrected chi connectivity index (χ4v) is 13.8. The van der Waals surface area contributed by atoms with E-state index in [2.05, 4.69) is 228 Å². The third kappa shape index (κ3) is 11.5. The zero-order valence-corrected chi connectivity index (χ0v) is 53.3. The normalized spacial score (nSPS) is 16.7. The number of rotatable bonds is 10. The minimum Gasteiger partial charge on any atom is -0.330 e. The molecule has 0 saturated carbocycles. The number of anilines is 4. The molecule has 90 heavy (non-hydrogen) atoms. The lowest BCUT2D eigenvalue weighted by atomic mass is 9.67. The molecule has 2 nitrogen and oxygen atoms in total. The van der Waals surface area contributed by atoms with Crippen molar-refractivity contribution in [2.45, 2.75) is 123 Å². The van der Waals surface area contributed by atoms with Gasteiger partial charge in [-0.3, -0.25) is 0 Å². The second-order valence-corrected chi connectivity index (χ2v) is 28.3. The smallest absolute Gasteiger partial charge is 0.330 e. The number of benzene rings is 8. The van der Waals surface area contributed by atoms with Crippen LogP contribution < -0.4 is 9.80 Å². The van der Waals surface area contributed by atoms with Gasteiger partial charge in [0.1, 0.15) is 0 Å². The quantitative estimate of drug-likeness (QED) is 0.126. The van der Waals surface area contributed by atoms with Crippen molar-refractivity contribution in [2.24, 2.45) is 5.92 Å². The molecule has 8 heteroatoms. The van der Waals surface area contributed by atoms with E-state index in [9.17, 15) is 0 Å². The lowest BCUT2D eigenvalue weighted by Crippen LogP contribution is -2.38. The minimum absolute atomic E-state index is 0.204. The number of alkyl halides is 6. The van der Waals surface area contributed by atoms with E-state index in [1.165, 1.54) is 29.8 Å². The lowest BCUT2D eigenvalue weighted by molar-refractivity contribution is -0.138. The van der Waals surface area contributed by atoms with Crippen LogP contribution in [0.25, 0.3) is 44.5 Å². The van der Waals surface area contributed by atoms with E-state index in [-0.39, 0.29) is 21.7 Å². The Morgan fingerprint density at radius 3 is 1.31 bits per heavy atom. The van der Waals surface area contributed by atoms with Gasteiger partial charge >= 0.3 is 12.4 Å². The Kier molecular flexibility index (Phi) is 15.4. The molecule has 0 bridgehead atoms. The summed E-state index contributed by atoms with van der Waals surface area (Å²) in [5.41, 5.74) is 17.0. The molecule has 8 aromatic carbocycles. The van der Waals surface area contributed by atoms with E-state index >= 15 is 26.3 Å².